The van der Waals surface area contributed by atoms with Crippen LogP contribution in [0.1, 0.15) is 15.4 Å². The van der Waals surface area contributed by atoms with Crippen LogP contribution >= 0.6 is 11.3 Å². The molecule has 3 heterocycles. The molecule has 5 aromatic rings. The zero-order valence-electron chi connectivity index (χ0n) is 16.3. The summed E-state index contributed by atoms with van der Waals surface area (Å²) >= 11 is 1.60. The van der Waals surface area contributed by atoms with Crippen molar-refractivity contribution in [3.63, 3.8) is 0 Å². The van der Waals surface area contributed by atoms with Crippen molar-refractivity contribution in [3.05, 3.63) is 95.0 Å². The Morgan fingerprint density at radius 2 is 1.87 bits per heavy atom. The Morgan fingerprint density at radius 3 is 2.63 bits per heavy atom. The number of ketones is 1. The van der Waals surface area contributed by atoms with Gasteiger partial charge in [0, 0.05) is 22.0 Å². The monoisotopic (exact) mass is 410 g/mol. The number of carbonyl (C=O) groups is 1. The maximum absolute atomic E-state index is 13.3. The van der Waals surface area contributed by atoms with Crippen LogP contribution in [0.5, 0.6) is 5.75 Å². The summed E-state index contributed by atoms with van der Waals surface area (Å²) in [6.45, 7) is 0. The average Bonchev–Trinajstić information content (AvgIpc) is 3.45. The summed E-state index contributed by atoms with van der Waals surface area (Å²) in [5, 5.41) is 4.09. The third-order valence-corrected chi connectivity index (χ3v) is 5.89. The molecule has 0 aliphatic rings. The molecule has 5 heteroatoms. The van der Waals surface area contributed by atoms with Gasteiger partial charge in [-0.25, -0.2) is 4.98 Å². The van der Waals surface area contributed by atoms with Crippen LogP contribution < -0.4 is 4.74 Å². The number of fused-ring (bicyclic) bond motifs is 3. The molecule has 0 spiro atoms. The van der Waals surface area contributed by atoms with Gasteiger partial charge in [-0.1, -0.05) is 30.3 Å². The van der Waals surface area contributed by atoms with E-state index in [2.05, 4.69) is 6.07 Å². The van der Waals surface area contributed by atoms with E-state index >= 15 is 0 Å². The number of pyridine rings is 1. The van der Waals surface area contributed by atoms with Crippen molar-refractivity contribution in [1.29, 1.82) is 0 Å². The minimum absolute atomic E-state index is 0.0861. The van der Waals surface area contributed by atoms with E-state index in [1.54, 1.807) is 24.5 Å². The van der Waals surface area contributed by atoms with Gasteiger partial charge in [-0.05, 0) is 59.3 Å². The largest absolute Gasteiger partial charge is 0.497 e. The molecule has 0 amide bonds. The summed E-state index contributed by atoms with van der Waals surface area (Å²) in [5.41, 5.74) is 2.85. The highest BCUT2D eigenvalue weighted by Gasteiger charge is 2.20. The van der Waals surface area contributed by atoms with E-state index < -0.39 is 0 Å². The van der Waals surface area contributed by atoms with E-state index in [-0.39, 0.29) is 5.78 Å². The van der Waals surface area contributed by atoms with E-state index in [9.17, 15) is 4.79 Å². The van der Waals surface area contributed by atoms with Gasteiger partial charge in [0.15, 0.2) is 0 Å². The van der Waals surface area contributed by atoms with Gasteiger partial charge in [0.05, 0.1) is 7.11 Å². The number of carbonyl (C=O) groups excluding carboxylic acids is 1. The lowest BCUT2D eigenvalue weighted by molar-refractivity contribution is 0.104. The summed E-state index contributed by atoms with van der Waals surface area (Å²) < 4.78 is 7.17. The van der Waals surface area contributed by atoms with Crippen molar-refractivity contribution >= 4 is 39.6 Å². The molecule has 146 valence electrons. The first-order chi connectivity index (χ1) is 14.7. The van der Waals surface area contributed by atoms with Gasteiger partial charge in [0.2, 0.25) is 5.78 Å². The van der Waals surface area contributed by atoms with E-state index in [1.165, 1.54) is 0 Å². The van der Waals surface area contributed by atoms with Crippen molar-refractivity contribution in [2.24, 2.45) is 0 Å². The molecule has 0 bridgehead atoms. The predicted molar refractivity (Wildman–Crippen MR) is 122 cm³/mol. The summed E-state index contributed by atoms with van der Waals surface area (Å²) in [7, 11) is 1.64. The van der Waals surface area contributed by atoms with Crippen LogP contribution in [0.2, 0.25) is 0 Å². The molecular weight excluding hydrogens is 392 g/mol. The second kappa shape index (κ2) is 7.61. The van der Waals surface area contributed by atoms with Crippen LogP contribution in [0.3, 0.4) is 0 Å². The van der Waals surface area contributed by atoms with Crippen LogP contribution in [0, 0.1) is 0 Å². The number of thiophene rings is 1. The quantitative estimate of drug-likeness (QED) is 0.259. The van der Waals surface area contributed by atoms with Gasteiger partial charge in [0.1, 0.15) is 22.8 Å². The SMILES string of the molecule is COc1ccc(-c2nc3c4ccccc4ccn3c2C(=O)/C=C/c2cccs2)cc1. The molecule has 0 saturated carbocycles. The highest BCUT2D eigenvalue weighted by Crippen LogP contribution is 2.30. The second-order valence-electron chi connectivity index (χ2n) is 6.85. The number of aromatic nitrogens is 2. The molecule has 0 atom stereocenters. The standard InChI is InChI=1S/C25H18N2O2S/c1-29-19-10-8-18(9-11-19)23-24(22(28)13-12-20-6-4-16-30-20)27-15-14-17-5-2-3-7-21(17)25(27)26-23/h2-16H,1H3/b13-12+. The lowest BCUT2D eigenvalue weighted by atomic mass is 10.1. The zero-order valence-corrected chi connectivity index (χ0v) is 17.1. The summed E-state index contributed by atoms with van der Waals surface area (Å²) in [6, 6.07) is 21.7. The lowest BCUT2D eigenvalue weighted by Crippen LogP contribution is -2.02. The van der Waals surface area contributed by atoms with Crippen molar-refractivity contribution in [2.45, 2.75) is 0 Å². The molecule has 0 saturated heterocycles. The van der Waals surface area contributed by atoms with E-state index in [0.29, 0.717) is 11.4 Å². The summed E-state index contributed by atoms with van der Waals surface area (Å²) in [6.07, 6.45) is 5.40. The molecular formula is C25H18N2O2S. The molecule has 30 heavy (non-hydrogen) atoms. The highest BCUT2D eigenvalue weighted by molar-refractivity contribution is 7.10. The Labute approximate surface area is 177 Å². The first kappa shape index (κ1) is 18.3. The van der Waals surface area contributed by atoms with E-state index in [1.807, 2.05) is 82.7 Å². The molecule has 0 N–H and O–H groups in total. The van der Waals surface area contributed by atoms with Gasteiger partial charge >= 0.3 is 0 Å². The molecule has 5 rings (SSSR count). The number of benzene rings is 2. The van der Waals surface area contributed by atoms with E-state index in [4.69, 9.17) is 9.72 Å². The molecule has 4 nitrogen and oxygen atoms in total. The number of hydrogen-bond donors (Lipinski definition) is 0. The number of hydrogen-bond acceptors (Lipinski definition) is 4. The molecule has 0 radical (unpaired) electrons. The number of rotatable bonds is 5. The molecule has 0 aliphatic heterocycles. The second-order valence-corrected chi connectivity index (χ2v) is 7.83. The van der Waals surface area contributed by atoms with Gasteiger partial charge in [0.25, 0.3) is 0 Å². The zero-order chi connectivity index (χ0) is 20.5. The maximum Gasteiger partial charge on any atom is 0.204 e. The molecule has 3 aromatic heterocycles. The number of nitrogens with zero attached hydrogens (tertiary/aromatic N) is 2. The van der Waals surface area contributed by atoms with E-state index in [0.717, 1.165) is 32.6 Å². The van der Waals surface area contributed by atoms with Crippen molar-refractivity contribution in [1.82, 2.24) is 9.38 Å². The first-order valence-electron chi connectivity index (χ1n) is 9.55. The normalized spacial score (nSPS) is 11.5. The number of ether oxygens (including phenoxy) is 1. The Morgan fingerprint density at radius 1 is 1.03 bits per heavy atom. The van der Waals surface area contributed by atoms with Crippen LogP contribution in [-0.4, -0.2) is 22.3 Å². The fourth-order valence-corrected chi connectivity index (χ4v) is 4.20. The fourth-order valence-electron chi connectivity index (χ4n) is 3.58. The van der Waals surface area contributed by atoms with Crippen LogP contribution in [0.15, 0.2) is 84.4 Å². The average molecular weight is 410 g/mol. The van der Waals surface area contributed by atoms with Gasteiger partial charge in [-0.15, -0.1) is 11.3 Å². The molecule has 0 aliphatic carbocycles. The molecule has 2 aromatic carbocycles. The molecule has 0 unspecified atom stereocenters. The first-order valence-corrected chi connectivity index (χ1v) is 10.4. The Hall–Kier alpha value is -3.70. The van der Waals surface area contributed by atoms with Crippen molar-refractivity contribution in [3.8, 4) is 17.0 Å². The van der Waals surface area contributed by atoms with Crippen LogP contribution in [0.4, 0.5) is 0 Å². The van der Waals surface area contributed by atoms with Crippen LogP contribution in [-0.2, 0) is 0 Å². The van der Waals surface area contributed by atoms with Gasteiger partial charge in [-0.3, -0.25) is 9.20 Å². The maximum atomic E-state index is 13.3. The fraction of sp³-hybridized carbons (Fsp3) is 0.0400. The number of methoxy groups -OCH3 is 1. The number of imidazole rings is 1. The minimum atomic E-state index is -0.0861. The van der Waals surface area contributed by atoms with Crippen molar-refractivity contribution in [2.75, 3.05) is 7.11 Å². The predicted octanol–water partition coefficient (Wildman–Crippen LogP) is 6.12. The Kier molecular flexibility index (Phi) is 4.65. The Bertz CT molecular complexity index is 1380. The van der Waals surface area contributed by atoms with Crippen molar-refractivity contribution < 1.29 is 9.53 Å². The van der Waals surface area contributed by atoms with Gasteiger partial charge < -0.3 is 4.74 Å². The molecule has 0 fully saturated rings. The smallest absolute Gasteiger partial charge is 0.204 e. The van der Waals surface area contributed by atoms with Crippen LogP contribution in [0.25, 0.3) is 33.8 Å². The summed E-state index contributed by atoms with van der Waals surface area (Å²) in [5.74, 6) is 0.676. The Balaban J connectivity index is 1.72. The lowest BCUT2D eigenvalue weighted by Gasteiger charge is -2.04. The third kappa shape index (κ3) is 3.19. The topological polar surface area (TPSA) is 43.6 Å². The van der Waals surface area contributed by atoms with Gasteiger partial charge in [-0.2, -0.15) is 0 Å². The third-order valence-electron chi connectivity index (χ3n) is 5.05. The summed E-state index contributed by atoms with van der Waals surface area (Å²) in [4.78, 5) is 19.2. The minimum Gasteiger partial charge on any atom is -0.497 e. The highest BCUT2D eigenvalue weighted by atomic mass is 32.1. The number of allylic oxidation sites excluding steroid dienone is 1.